The quantitative estimate of drug-likeness (QED) is 0.330. The van der Waals surface area contributed by atoms with Crippen molar-refractivity contribution in [2.24, 2.45) is 0 Å². The van der Waals surface area contributed by atoms with Crippen LogP contribution in [0.4, 0.5) is 0 Å². The third-order valence-corrected chi connectivity index (χ3v) is 6.31. The number of benzene rings is 1. The molecule has 154 valence electrons. The van der Waals surface area contributed by atoms with Gasteiger partial charge in [-0.2, -0.15) is 10.1 Å². The van der Waals surface area contributed by atoms with Crippen molar-refractivity contribution in [3.63, 3.8) is 0 Å². The number of fused-ring (bicyclic) bond motifs is 3. The molecule has 5 heterocycles. The summed E-state index contributed by atoms with van der Waals surface area (Å²) in [7, 11) is 0. The van der Waals surface area contributed by atoms with E-state index in [9.17, 15) is 0 Å². The van der Waals surface area contributed by atoms with Crippen LogP contribution in [0.2, 0.25) is 0 Å². The van der Waals surface area contributed by atoms with Gasteiger partial charge in [0.25, 0.3) is 0 Å². The molecule has 1 aromatic carbocycles. The van der Waals surface area contributed by atoms with Crippen molar-refractivity contribution in [2.75, 3.05) is 0 Å². The molecule has 0 saturated carbocycles. The summed E-state index contributed by atoms with van der Waals surface area (Å²) in [5.41, 5.74) is 2.93. The van der Waals surface area contributed by atoms with Crippen LogP contribution < -0.4 is 4.74 Å². The number of aromatic nitrogens is 5. The summed E-state index contributed by atoms with van der Waals surface area (Å²) in [5, 5.41) is 6.58. The molecule has 6 nitrogen and oxygen atoms in total. The van der Waals surface area contributed by atoms with E-state index in [2.05, 4.69) is 40.4 Å². The van der Waals surface area contributed by atoms with Crippen molar-refractivity contribution in [1.29, 1.82) is 0 Å². The first-order chi connectivity index (χ1) is 15.7. The standard InChI is InChI=1S/C25H17N5OS/c1-16-12-13-18-17-6-2-7-19(24(17)32-25(18)27-16)20-8-3-10-22(28-20)31-23-11-4-9-21(29-23)30-15-5-14-26-30/h2-15H,1H3. The highest BCUT2D eigenvalue weighted by atomic mass is 32.1. The zero-order valence-electron chi connectivity index (χ0n) is 17.1. The predicted octanol–water partition coefficient (Wildman–Crippen LogP) is 6.19. The minimum Gasteiger partial charge on any atom is -0.421 e. The number of hydrogen-bond donors (Lipinski definition) is 0. The molecule has 6 aromatic rings. The van der Waals surface area contributed by atoms with Crippen molar-refractivity contribution in [3.05, 3.63) is 90.9 Å². The molecule has 5 aromatic heterocycles. The number of nitrogens with zero attached hydrogens (tertiary/aromatic N) is 5. The van der Waals surface area contributed by atoms with Crippen molar-refractivity contribution in [3.8, 4) is 28.8 Å². The molecule has 0 fully saturated rings. The van der Waals surface area contributed by atoms with E-state index in [0.29, 0.717) is 17.6 Å². The molecule has 0 spiro atoms. The van der Waals surface area contributed by atoms with Gasteiger partial charge in [0.1, 0.15) is 4.83 Å². The second kappa shape index (κ2) is 7.55. The van der Waals surface area contributed by atoms with Gasteiger partial charge < -0.3 is 4.74 Å². The second-order valence-corrected chi connectivity index (χ2v) is 8.34. The predicted molar refractivity (Wildman–Crippen MR) is 127 cm³/mol. The summed E-state index contributed by atoms with van der Waals surface area (Å²) in [4.78, 5) is 15.1. The van der Waals surface area contributed by atoms with Crippen molar-refractivity contribution in [2.45, 2.75) is 6.92 Å². The van der Waals surface area contributed by atoms with Crippen LogP contribution in [0.15, 0.2) is 85.2 Å². The molecule has 0 saturated heterocycles. The van der Waals surface area contributed by atoms with Crippen LogP contribution >= 0.6 is 11.3 Å². The third kappa shape index (κ3) is 3.29. The average Bonchev–Trinajstić information content (AvgIpc) is 3.47. The van der Waals surface area contributed by atoms with Gasteiger partial charge in [0, 0.05) is 51.3 Å². The first-order valence-electron chi connectivity index (χ1n) is 10.2. The van der Waals surface area contributed by atoms with Crippen LogP contribution in [-0.4, -0.2) is 24.7 Å². The molecule has 0 amide bonds. The molecule has 7 heteroatoms. The minimum atomic E-state index is 0.461. The molecule has 0 atom stereocenters. The third-order valence-electron chi connectivity index (χ3n) is 5.16. The van der Waals surface area contributed by atoms with Crippen LogP contribution in [-0.2, 0) is 0 Å². The fourth-order valence-corrected chi connectivity index (χ4v) is 4.94. The van der Waals surface area contributed by atoms with E-state index in [1.54, 1.807) is 22.2 Å². The summed E-state index contributed by atoms with van der Waals surface area (Å²) in [6.45, 7) is 2.02. The van der Waals surface area contributed by atoms with Gasteiger partial charge in [-0.1, -0.05) is 30.3 Å². The van der Waals surface area contributed by atoms with Crippen LogP contribution in [0.1, 0.15) is 5.69 Å². The van der Waals surface area contributed by atoms with E-state index < -0.39 is 0 Å². The van der Waals surface area contributed by atoms with Crippen LogP contribution in [0.25, 0.3) is 37.4 Å². The zero-order valence-corrected chi connectivity index (χ0v) is 18.0. The normalized spacial score (nSPS) is 11.3. The van der Waals surface area contributed by atoms with Gasteiger partial charge in [0.15, 0.2) is 5.82 Å². The number of rotatable bonds is 4. The lowest BCUT2D eigenvalue weighted by Gasteiger charge is -2.08. The van der Waals surface area contributed by atoms with Gasteiger partial charge in [-0.15, -0.1) is 11.3 Å². The summed E-state index contributed by atoms with van der Waals surface area (Å²) < 4.78 is 8.85. The van der Waals surface area contributed by atoms with Crippen LogP contribution in [0.3, 0.4) is 0 Å². The van der Waals surface area contributed by atoms with E-state index in [-0.39, 0.29) is 0 Å². The van der Waals surface area contributed by atoms with E-state index in [4.69, 9.17) is 14.7 Å². The Hall–Kier alpha value is -4.10. The molecule has 0 radical (unpaired) electrons. The summed E-state index contributed by atoms with van der Waals surface area (Å²) >= 11 is 1.69. The van der Waals surface area contributed by atoms with Gasteiger partial charge >= 0.3 is 0 Å². The molecule has 0 bridgehead atoms. The van der Waals surface area contributed by atoms with Crippen molar-refractivity contribution >= 4 is 31.6 Å². The summed E-state index contributed by atoms with van der Waals surface area (Å²) in [6.07, 6.45) is 3.55. The summed E-state index contributed by atoms with van der Waals surface area (Å²) in [6, 6.07) is 23.7. The van der Waals surface area contributed by atoms with E-state index in [1.807, 2.05) is 55.6 Å². The number of thiophene rings is 1. The highest BCUT2D eigenvalue weighted by Crippen LogP contribution is 2.39. The Morgan fingerprint density at radius 3 is 2.50 bits per heavy atom. The summed E-state index contributed by atoms with van der Waals surface area (Å²) in [5.74, 6) is 1.63. The monoisotopic (exact) mass is 435 g/mol. The van der Waals surface area contributed by atoms with Gasteiger partial charge in [0.05, 0.1) is 5.69 Å². The van der Waals surface area contributed by atoms with Crippen molar-refractivity contribution < 1.29 is 4.74 Å². The SMILES string of the molecule is Cc1ccc2c(n1)sc1c(-c3cccc(Oc4cccc(-n5cccn5)n4)n3)cccc12. The van der Waals surface area contributed by atoms with E-state index in [0.717, 1.165) is 21.8 Å². The highest BCUT2D eigenvalue weighted by Gasteiger charge is 2.13. The average molecular weight is 436 g/mol. The van der Waals surface area contributed by atoms with Crippen molar-refractivity contribution in [1.82, 2.24) is 24.7 Å². The van der Waals surface area contributed by atoms with Gasteiger partial charge in [0.2, 0.25) is 11.8 Å². The molecular formula is C25H17N5OS. The minimum absolute atomic E-state index is 0.461. The first kappa shape index (κ1) is 18.7. The molecular weight excluding hydrogens is 418 g/mol. The Kier molecular flexibility index (Phi) is 4.40. The lowest BCUT2D eigenvalue weighted by Crippen LogP contribution is -1.99. The molecule has 0 aliphatic carbocycles. The first-order valence-corrected chi connectivity index (χ1v) is 11.0. The van der Waals surface area contributed by atoms with Crippen LogP contribution in [0, 0.1) is 6.92 Å². The Balaban J connectivity index is 1.39. The topological polar surface area (TPSA) is 65.7 Å². The van der Waals surface area contributed by atoms with E-state index in [1.165, 1.54) is 15.5 Å². The lowest BCUT2D eigenvalue weighted by atomic mass is 10.1. The number of ether oxygens (including phenoxy) is 1. The highest BCUT2D eigenvalue weighted by molar-refractivity contribution is 7.26. The molecule has 0 N–H and O–H groups in total. The van der Waals surface area contributed by atoms with Gasteiger partial charge in [-0.25, -0.2) is 14.6 Å². The largest absolute Gasteiger partial charge is 0.421 e. The van der Waals surface area contributed by atoms with Crippen LogP contribution in [0.5, 0.6) is 11.8 Å². The second-order valence-electron chi connectivity index (χ2n) is 7.34. The maximum absolute atomic E-state index is 5.99. The molecule has 32 heavy (non-hydrogen) atoms. The van der Waals surface area contributed by atoms with E-state index >= 15 is 0 Å². The Morgan fingerprint density at radius 1 is 0.781 bits per heavy atom. The number of aryl methyl sites for hydroxylation is 1. The Labute approximate surface area is 187 Å². The fourth-order valence-electron chi connectivity index (χ4n) is 3.69. The Morgan fingerprint density at radius 2 is 1.62 bits per heavy atom. The maximum atomic E-state index is 5.99. The molecule has 0 unspecified atom stereocenters. The fraction of sp³-hybridized carbons (Fsp3) is 0.0400. The lowest BCUT2D eigenvalue weighted by molar-refractivity contribution is 0.444. The molecule has 6 rings (SSSR count). The zero-order chi connectivity index (χ0) is 21.5. The van der Waals surface area contributed by atoms with Gasteiger partial charge in [-0.3, -0.25) is 0 Å². The smallest absolute Gasteiger partial charge is 0.223 e. The molecule has 0 aliphatic rings. The number of hydrogen-bond acceptors (Lipinski definition) is 6. The van der Waals surface area contributed by atoms with Gasteiger partial charge in [-0.05, 0) is 37.3 Å². The molecule has 0 aliphatic heterocycles. The number of pyridine rings is 3. The maximum Gasteiger partial charge on any atom is 0.223 e. The Bertz CT molecular complexity index is 1570.